The number of nitrogens with one attached hydrogen (secondary N) is 3. The number of amides is 1. The molecule has 0 aliphatic heterocycles. The third-order valence-corrected chi connectivity index (χ3v) is 2.83. The highest BCUT2D eigenvalue weighted by atomic mass is 127. The van der Waals surface area contributed by atoms with Gasteiger partial charge in [0, 0.05) is 19.1 Å². The zero-order valence-electron chi connectivity index (χ0n) is 14.7. The second kappa shape index (κ2) is 10.3. The van der Waals surface area contributed by atoms with E-state index in [1.54, 1.807) is 19.2 Å². The molecular formula is C16H26FIN4O2. The van der Waals surface area contributed by atoms with E-state index in [1.807, 2.05) is 20.8 Å². The van der Waals surface area contributed by atoms with Crippen LogP contribution in [-0.4, -0.2) is 38.1 Å². The van der Waals surface area contributed by atoms with Crippen LogP contribution in [0.15, 0.2) is 23.2 Å². The van der Waals surface area contributed by atoms with Gasteiger partial charge >= 0.3 is 0 Å². The number of aliphatic imine (C=N–C) groups is 1. The summed E-state index contributed by atoms with van der Waals surface area (Å²) in [6, 6.07) is 4.72. The summed E-state index contributed by atoms with van der Waals surface area (Å²) in [5.41, 5.74) is 0.460. The standard InChI is InChI=1S/C16H25FN4O2.HI/c1-16(2,3)21-14(22)10-20-15(18-4)19-9-11-6-7-13(23-5)12(17)8-11;/h6-8H,9-10H2,1-5H3,(H,21,22)(H2,18,19,20);1H. The van der Waals surface area contributed by atoms with Gasteiger partial charge in [0.05, 0.1) is 13.7 Å². The maximum atomic E-state index is 13.6. The summed E-state index contributed by atoms with van der Waals surface area (Å²) in [7, 11) is 3.02. The van der Waals surface area contributed by atoms with Crippen molar-refractivity contribution in [2.75, 3.05) is 20.7 Å². The van der Waals surface area contributed by atoms with E-state index in [0.29, 0.717) is 12.5 Å². The molecule has 0 saturated heterocycles. The molecule has 0 heterocycles. The molecule has 0 bridgehead atoms. The number of halogens is 2. The number of carbonyl (C=O) groups is 1. The molecule has 1 rings (SSSR count). The second-order valence-electron chi connectivity index (χ2n) is 6.05. The molecule has 0 fully saturated rings. The van der Waals surface area contributed by atoms with Gasteiger partial charge in [-0.2, -0.15) is 0 Å². The maximum absolute atomic E-state index is 13.6. The lowest BCUT2D eigenvalue weighted by molar-refractivity contribution is -0.121. The molecule has 1 aromatic rings. The predicted octanol–water partition coefficient (Wildman–Crippen LogP) is 2.03. The van der Waals surface area contributed by atoms with Gasteiger partial charge in [-0.1, -0.05) is 6.07 Å². The van der Waals surface area contributed by atoms with Crippen LogP contribution in [0.25, 0.3) is 0 Å². The van der Waals surface area contributed by atoms with Crippen molar-refractivity contribution >= 4 is 35.8 Å². The van der Waals surface area contributed by atoms with Crippen molar-refractivity contribution < 1.29 is 13.9 Å². The minimum absolute atomic E-state index is 0. The van der Waals surface area contributed by atoms with Gasteiger partial charge < -0.3 is 20.7 Å². The summed E-state index contributed by atoms with van der Waals surface area (Å²) in [6.07, 6.45) is 0. The van der Waals surface area contributed by atoms with Crippen LogP contribution in [0.5, 0.6) is 5.75 Å². The van der Waals surface area contributed by atoms with Crippen molar-refractivity contribution in [2.45, 2.75) is 32.9 Å². The van der Waals surface area contributed by atoms with Gasteiger partial charge in [0.2, 0.25) is 5.91 Å². The molecule has 3 N–H and O–H groups in total. The molecule has 0 unspecified atom stereocenters. The van der Waals surface area contributed by atoms with Crippen molar-refractivity contribution in [2.24, 2.45) is 4.99 Å². The summed E-state index contributed by atoms with van der Waals surface area (Å²) in [6.45, 7) is 6.22. The van der Waals surface area contributed by atoms with Crippen LogP contribution in [0.3, 0.4) is 0 Å². The summed E-state index contributed by atoms with van der Waals surface area (Å²) in [4.78, 5) is 15.8. The van der Waals surface area contributed by atoms with Gasteiger partial charge in [0.15, 0.2) is 17.5 Å². The molecule has 0 aliphatic rings. The molecule has 0 spiro atoms. The summed E-state index contributed by atoms with van der Waals surface area (Å²) in [5.74, 6) is 0.121. The molecule has 0 aromatic heterocycles. The minimum atomic E-state index is -0.417. The van der Waals surface area contributed by atoms with E-state index in [2.05, 4.69) is 20.9 Å². The first-order valence-corrected chi connectivity index (χ1v) is 7.33. The first kappa shape index (κ1) is 22.4. The van der Waals surface area contributed by atoms with Gasteiger partial charge in [0.25, 0.3) is 0 Å². The third-order valence-electron chi connectivity index (χ3n) is 2.83. The molecule has 0 radical (unpaired) electrons. The SMILES string of the molecule is CN=C(NCC(=O)NC(C)(C)C)NCc1ccc(OC)c(F)c1.I. The fraction of sp³-hybridized carbons (Fsp3) is 0.500. The lowest BCUT2D eigenvalue weighted by atomic mass is 10.1. The molecular weight excluding hydrogens is 426 g/mol. The first-order chi connectivity index (χ1) is 10.7. The Morgan fingerprint density at radius 1 is 1.29 bits per heavy atom. The van der Waals surface area contributed by atoms with Gasteiger partial charge in [-0.05, 0) is 38.5 Å². The van der Waals surface area contributed by atoms with Crippen molar-refractivity contribution in [3.63, 3.8) is 0 Å². The van der Waals surface area contributed by atoms with Crippen LogP contribution in [0.4, 0.5) is 4.39 Å². The molecule has 0 saturated carbocycles. The molecule has 0 atom stereocenters. The van der Waals surface area contributed by atoms with Crippen LogP contribution in [0.2, 0.25) is 0 Å². The normalized spacial score (nSPS) is 11.3. The molecule has 24 heavy (non-hydrogen) atoms. The number of carbonyl (C=O) groups excluding carboxylic acids is 1. The molecule has 8 heteroatoms. The summed E-state index contributed by atoms with van der Waals surface area (Å²) < 4.78 is 18.5. The predicted molar refractivity (Wildman–Crippen MR) is 104 cm³/mol. The van der Waals surface area contributed by atoms with Crippen molar-refractivity contribution in [1.82, 2.24) is 16.0 Å². The number of nitrogens with zero attached hydrogens (tertiary/aromatic N) is 1. The molecule has 1 aromatic carbocycles. The zero-order chi connectivity index (χ0) is 17.5. The van der Waals surface area contributed by atoms with Crippen LogP contribution in [0.1, 0.15) is 26.3 Å². The molecule has 0 aliphatic carbocycles. The number of rotatable bonds is 5. The smallest absolute Gasteiger partial charge is 0.239 e. The maximum Gasteiger partial charge on any atom is 0.239 e. The van der Waals surface area contributed by atoms with E-state index in [9.17, 15) is 9.18 Å². The fourth-order valence-corrected chi connectivity index (χ4v) is 1.85. The number of hydrogen-bond acceptors (Lipinski definition) is 3. The number of guanidine groups is 1. The quantitative estimate of drug-likeness (QED) is 0.363. The Balaban J connectivity index is 0.00000529. The fourth-order valence-electron chi connectivity index (χ4n) is 1.85. The highest BCUT2D eigenvalue weighted by Crippen LogP contribution is 2.17. The Bertz CT molecular complexity index is 574. The largest absolute Gasteiger partial charge is 0.494 e. The first-order valence-electron chi connectivity index (χ1n) is 7.33. The van der Waals surface area contributed by atoms with Crippen LogP contribution in [-0.2, 0) is 11.3 Å². The molecule has 136 valence electrons. The number of benzene rings is 1. The van der Waals surface area contributed by atoms with E-state index in [4.69, 9.17) is 4.74 Å². The summed E-state index contributed by atoms with van der Waals surface area (Å²) in [5, 5.41) is 8.77. The van der Waals surface area contributed by atoms with Crippen LogP contribution < -0.4 is 20.7 Å². The third kappa shape index (κ3) is 8.32. The Kier molecular flexibility index (Phi) is 9.64. The number of hydrogen-bond donors (Lipinski definition) is 3. The van der Waals surface area contributed by atoms with Crippen molar-refractivity contribution in [3.05, 3.63) is 29.6 Å². The van der Waals surface area contributed by atoms with E-state index in [-0.39, 0.29) is 47.7 Å². The molecule has 1 amide bonds. The lowest BCUT2D eigenvalue weighted by Crippen LogP contribution is -2.48. The summed E-state index contributed by atoms with van der Waals surface area (Å²) >= 11 is 0. The monoisotopic (exact) mass is 452 g/mol. The minimum Gasteiger partial charge on any atom is -0.494 e. The van der Waals surface area contributed by atoms with E-state index in [1.165, 1.54) is 13.2 Å². The highest BCUT2D eigenvalue weighted by Gasteiger charge is 2.13. The van der Waals surface area contributed by atoms with Gasteiger partial charge in [0.1, 0.15) is 0 Å². The molecule has 6 nitrogen and oxygen atoms in total. The topological polar surface area (TPSA) is 74.8 Å². The number of ether oxygens (including phenoxy) is 1. The highest BCUT2D eigenvalue weighted by molar-refractivity contribution is 14.0. The van der Waals surface area contributed by atoms with Gasteiger partial charge in [-0.15, -0.1) is 24.0 Å². The van der Waals surface area contributed by atoms with E-state index in [0.717, 1.165) is 5.56 Å². The van der Waals surface area contributed by atoms with Gasteiger partial charge in [-0.3, -0.25) is 9.79 Å². The van der Waals surface area contributed by atoms with Crippen molar-refractivity contribution in [3.8, 4) is 5.75 Å². The average Bonchev–Trinajstić information content (AvgIpc) is 2.45. The van der Waals surface area contributed by atoms with E-state index >= 15 is 0 Å². The average molecular weight is 452 g/mol. The lowest BCUT2D eigenvalue weighted by Gasteiger charge is -2.21. The Hall–Kier alpha value is -1.58. The second-order valence-corrected chi connectivity index (χ2v) is 6.05. The van der Waals surface area contributed by atoms with Gasteiger partial charge in [-0.25, -0.2) is 4.39 Å². The number of methoxy groups -OCH3 is 1. The zero-order valence-corrected chi connectivity index (χ0v) is 17.0. The van der Waals surface area contributed by atoms with E-state index < -0.39 is 5.82 Å². The van der Waals surface area contributed by atoms with Crippen LogP contribution >= 0.6 is 24.0 Å². The van der Waals surface area contributed by atoms with Crippen molar-refractivity contribution in [1.29, 1.82) is 0 Å². The Labute approximate surface area is 159 Å². The Morgan fingerprint density at radius 2 is 1.96 bits per heavy atom. The Morgan fingerprint density at radius 3 is 2.46 bits per heavy atom. The van der Waals surface area contributed by atoms with Crippen LogP contribution in [0, 0.1) is 5.82 Å².